The van der Waals surface area contributed by atoms with E-state index in [-0.39, 0.29) is 30.6 Å². The molecule has 1 atom stereocenters. The van der Waals surface area contributed by atoms with Crippen LogP contribution in [0.5, 0.6) is 0 Å². The van der Waals surface area contributed by atoms with E-state index < -0.39 is 4.92 Å². The number of carbonyl (C=O) groups is 2. The van der Waals surface area contributed by atoms with Crippen LogP contribution in [0.15, 0.2) is 36.4 Å². The molecule has 0 heterocycles. The zero-order valence-corrected chi connectivity index (χ0v) is 16.5. The maximum absolute atomic E-state index is 12.3. The van der Waals surface area contributed by atoms with Crippen molar-refractivity contribution in [3.8, 4) is 0 Å². The van der Waals surface area contributed by atoms with Gasteiger partial charge in [-0.25, -0.2) is 0 Å². The van der Waals surface area contributed by atoms with Gasteiger partial charge < -0.3 is 15.5 Å². The van der Waals surface area contributed by atoms with Crippen LogP contribution in [-0.2, 0) is 9.59 Å². The molecular weight excluding hydrogens is 360 g/mol. The second kappa shape index (κ2) is 9.09. The average molecular weight is 385 g/mol. The predicted molar refractivity (Wildman–Crippen MR) is 108 cm³/mol. The zero-order chi connectivity index (χ0) is 20.8. The molecule has 0 spiro atoms. The van der Waals surface area contributed by atoms with Crippen LogP contribution >= 0.6 is 0 Å². The highest BCUT2D eigenvalue weighted by Gasteiger charge is 2.17. The van der Waals surface area contributed by atoms with Crippen molar-refractivity contribution in [2.24, 2.45) is 0 Å². The number of amides is 2. The molecule has 0 bridgehead atoms. The summed E-state index contributed by atoms with van der Waals surface area (Å²) in [5.41, 5.74) is 3.78. The Morgan fingerprint density at radius 2 is 1.54 bits per heavy atom. The summed E-state index contributed by atoms with van der Waals surface area (Å²) in [7, 11) is 1.74. The van der Waals surface area contributed by atoms with Crippen LogP contribution in [0.3, 0.4) is 0 Å². The Balaban J connectivity index is 1.93. The lowest BCUT2D eigenvalue weighted by atomic mass is 10.1. The number of benzene rings is 2. The van der Waals surface area contributed by atoms with E-state index in [0.717, 1.165) is 22.4 Å². The van der Waals surface area contributed by atoms with Crippen molar-refractivity contribution in [3.63, 3.8) is 0 Å². The van der Waals surface area contributed by atoms with Gasteiger partial charge in [0, 0.05) is 17.8 Å². The second-order valence-corrected chi connectivity index (χ2v) is 6.93. The molecule has 2 amide bonds. The molecule has 1 unspecified atom stereocenters. The number of nitro groups is 1. The molecule has 0 saturated heterocycles. The number of likely N-dealkylation sites (N-methyl/N-ethyl adjacent to an activating group) is 1. The number of anilines is 2. The fourth-order valence-corrected chi connectivity index (χ4v) is 2.86. The SMILES string of the molecule is Cc1ccc([N+](=O)[O-])cc1NC(=O)C[NH+](C)CC(=O)Nc1c(C)cccc1C. The first kappa shape index (κ1) is 21.0. The van der Waals surface area contributed by atoms with E-state index in [9.17, 15) is 19.7 Å². The van der Waals surface area contributed by atoms with E-state index in [2.05, 4.69) is 10.6 Å². The molecule has 28 heavy (non-hydrogen) atoms. The Kier molecular flexibility index (Phi) is 6.84. The molecule has 148 valence electrons. The highest BCUT2D eigenvalue weighted by Crippen LogP contribution is 2.21. The van der Waals surface area contributed by atoms with Crippen LogP contribution in [0.4, 0.5) is 17.1 Å². The lowest BCUT2D eigenvalue weighted by molar-refractivity contribution is -0.862. The number of quaternary nitrogens is 1. The summed E-state index contributed by atoms with van der Waals surface area (Å²) in [6.07, 6.45) is 0. The molecule has 0 fully saturated rings. The zero-order valence-electron chi connectivity index (χ0n) is 16.5. The van der Waals surface area contributed by atoms with E-state index in [0.29, 0.717) is 10.6 Å². The van der Waals surface area contributed by atoms with Crippen LogP contribution in [0.2, 0.25) is 0 Å². The maximum Gasteiger partial charge on any atom is 0.279 e. The summed E-state index contributed by atoms with van der Waals surface area (Å²) in [5, 5.41) is 16.5. The topological polar surface area (TPSA) is 106 Å². The number of aryl methyl sites for hydroxylation is 3. The molecule has 0 aliphatic rings. The fraction of sp³-hybridized carbons (Fsp3) is 0.300. The normalized spacial score (nSPS) is 11.6. The van der Waals surface area contributed by atoms with Crippen molar-refractivity contribution >= 4 is 28.9 Å². The Morgan fingerprint density at radius 3 is 2.11 bits per heavy atom. The summed E-state index contributed by atoms with van der Waals surface area (Å²) in [5.74, 6) is -0.504. The van der Waals surface area contributed by atoms with Gasteiger partial charge in [0.1, 0.15) is 0 Å². The molecular formula is C20H25N4O4+. The van der Waals surface area contributed by atoms with Crippen molar-refractivity contribution in [1.29, 1.82) is 0 Å². The molecule has 0 radical (unpaired) electrons. The van der Waals surface area contributed by atoms with Gasteiger partial charge in [0.15, 0.2) is 13.1 Å². The van der Waals surface area contributed by atoms with E-state index in [1.54, 1.807) is 20.0 Å². The quantitative estimate of drug-likeness (QED) is 0.497. The minimum Gasteiger partial charge on any atom is -0.322 e. The molecule has 2 aromatic rings. The van der Waals surface area contributed by atoms with Crippen molar-refractivity contribution < 1.29 is 19.4 Å². The number of carbonyl (C=O) groups excluding carboxylic acids is 2. The number of hydrogen-bond donors (Lipinski definition) is 3. The van der Waals surface area contributed by atoms with E-state index in [1.807, 2.05) is 32.0 Å². The summed E-state index contributed by atoms with van der Waals surface area (Å²) >= 11 is 0. The molecule has 3 N–H and O–H groups in total. The van der Waals surface area contributed by atoms with Gasteiger partial charge >= 0.3 is 0 Å². The van der Waals surface area contributed by atoms with Crippen molar-refractivity contribution in [2.75, 3.05) is 30.8 Å². The van der Waals surface area contributed by atoms with Crippen LogP contribution in [0.25, 0.3) is 0 Å². The molecule has 0 aliphatic heterocycles. The van der Waals surface area contributed by atoms with E-state index in [1.165, 1.54) is 12.1 Å². The first-order valence-electron chi connectivity index (χ1n) is 8.89. The Labute approximate surface area is 163 Å². The molecule has 8 heteroatoms. The van der Waals surface area contributed by atoms with E-state index in [4.69, 9.17) is 0 Å². The first-order chi connectivity index (χ1) is 13.2. The van der Waals surface area contributed by atoms with Gasteiger partial charge in [-0.2, -0.15) is 0 Å². The largest absolute Gasteiger partial charge is 0.322 e. The van der Waals surface area contributed by atoms with Crippen molar-refractivity contribution in [1.82, 2.24) is 0 Å². The third-order valence-electron chi connectivity index (χ3n) is 4.38. The van der Waals surface area contributed by atoms with Gasteiger partial charge in [0.2, 0.25) is 0 Å². The summed E-state index contributed by atoms with van der Waals surface area (Å²) < 4.78 is 0. The highest BCUT2D eigenvalue weighted by atomic mass is 16.6. The smallest absolute Gasteiger partial charge is 0.279 e. The lowest BCUT2D eigenvalue weighted by Gasteiger charge is -2.16. The first-order valence-corrected chi connectivity index (χ1v) is 8.89. The van der Waals surface area contributed by atoms with Gasteiger partial charge in [-0.05, 0) is 37.5 Å². The van der Waals surface area contributed by atoms with Gasteiger partial charge in [0.25, 0.3) is 17.5 Å². The molecule has 0 saturated carbocycles. The summed E-state index contributed by atoms with van der Waals surface area (Å²) in [6, 6.07) is 10.1. The standard InChI is InChI=1S/C20H24N4O4/c1-13-8-9-16(24(27)28)10-17(13)21-18(25)11-23(4)12-19(26)22-20-14(2)6-5-7-15(20)3/h5-10H,11-12H2,1-4H3,(H,21,25)(H,22,26)/p+1. The highest BCUT2D eigenvalue weighted by molar-refractivity contribution is 5.94. The molecule has 0 aliphatic carbocycles. The van der Waals surface area contributed by atoms with Gasteiger partial charge in [0.05, 0.1) is 17.7 Å². The Bertz CT molecular complexity index is 891. The van der Waals surface area contributed by atoms with Gasteiger partial charge in [-0.15, -0.1) is 0 Å². The number of nitrogens with one attached hydrogen (secondary N) is 3. The number of non-ortho nitro benzene ring substituents is 1. The summed E-state index contributed by atoms with van der Waals surface area (Å²) in [4.78, 5) is 35.7. The van der Waals surface area contributed by atoms with Crippen molar-refractivity contribution in [3.05, 3.63) is 63.2 Å². The van der Waals surface area contributed by atoms with Crippen LogP contribution in [0, 0.1) is 30.9 Å². The molecule has 2 aromatic carbocycles. The number of nitro benzene ring substituents is 1. The summed E-state index contributed by atoms with van der Waals surface area (Å²) in [6.45, 7) is 5.79. The molecule has 0 aromatic heterocycles. The monoisotopic (exact) mass is 385 g/mol. The predicted octanol–water partition coefficient (Wildman–Crippen LogP) is 1.61. The third kappa shape index (κ3) is 5.62. The minimum absolute atomic E-state index is 0.0578. The number of hydrogen-bond acceptors (Lipinski definition) is 4. The average Bonchev–Trinajstić information content (AvgIpc) is 2.59. The van der Waals surface area contributed by atoms with Gasteiger partial charge in [-0.1, -0.05) is 24.3 Å². The molecule has 2 rings (SSSR count). The lowest BCUT2D eigenvalue weighted by Crippen LogP contribution is -3.11. The number of rotatable bonds is 7. The van der Waals surface area contributed by atoms with Gasteiger partial charge in [-0.3, -0.25) is 19.7 Å². The third-order valence-corrected chi connectivity index (χ3v) is 4.38. The number of nitrogens with zero attached hydrogens (tertiary/aromatic N) is 1. The second-order valence-electron chi connectivity index (χ2n) is 6.93. The van der Waals surface area contributed by atoms with Crippen LogP contribution in [-0.4, -0.2) is 36.9 Å². The molecule has 8 nitrogen and oxygen atoms in total. The van der Waals surface area contributed by atoms with Crippen LogP contribution < -0.4 is 15.5 Å². The number of para-hydroxylation sites is 1. The Morgan fingerprint density at radius 1 is 0.964 bits per heavy atom. The Hall–Kier alpha value is -3.26. The van der Waals surface area contributed by atoms with Crippen molar-refractivity contribution in [2.45, 2.75) is 20.8 Å². The van der Waals surface area contributed by atoms with Crippen LogP contribution in [0.1, 0.15) is 16.7 Å². The van der Waals surface area contributed by atoms with E-state index >= 15 is 0 Å². The maximum atomic E-state index is 12.3. The minimum atomic E-state index is -0.510. The fourth-order valence-electron chi connectivity index (χ4n) is 2.86.